The summed E-state index contributed by atoms with van der Waals surface area (Å²) >= 11 is 0. The Morgan fingerprint density at radius 2 is 2.00 bits per heavy atom. The monoisotopic (exact) mass is 297 g/mol. The third-order valence-corrected chi connectivity index (χ3v) is 3.81. The number of nitrogens with zero attached hydrogens (tertiary/aromatic N) is 2. The molecular formula is C14H23N3O4. The fourth-order valence-electron chi connectivity index (χ4n) is 2.98. The topological polar surface area (TPSA) is 92.9 Å². The third-order valence-electron chi connectivity index (χ3n) is 3.81. The van der Waals surface area contributed by atoms with Gasteiger partial charge in [-0.05, 0) is 33.6 Å². The van der Waals surface area contributed by atoms with Gasteiger partial charge in [-0.15, -0.1) is 0 Å². The van der Waals surface area contributed by atoms with Crippen molar-refractivity contribution in [2.24, 2.45) is 11.1 Å². The Balaban J connectivity index is 1.97. The molecule has 2 saturated heterocycles. The SMILES string of the molecule is CC(C)(C)OC(=O)N1CCCC2(C1)CN(CC(N)=O)C2=O. The van der Waals surface area contributed by atoms with Gasteiger partial charge in [0, 0.05) is 19.6 Å². The summed E-state index contributed by atoms with van der Waals surface area (Å²) in [6, 6.07) is 0. The lowest BCUT2D eigenvalue weighted by molar-refractivity contribution is -0.167. The molecule has 0 aromatic heterocycles. The van der Waals surface area contributed by atoms with E-state index in [1.165, 1.54) is 4.90 Å². The van der Waals surface area contributed by atoms with E-state index in [1.807, 2.05) is 20.8 Å². The van der Waals surface area contributed by atoms with Crippen molar-refractivity contribution in [3.8, 4) is 0 Å². The highest BCUT2D eigenvalue weighted by Crippen LogP contribution is 2.40. The molecule has 21 heavy (non-hydrogen) atoms. The Morgan fingerprint density at radius 3 is 2.52 bits per heavy atom. The molecule has 1 atom stereocenters. The van der Waals surface area contributed by atoms with Crippen molar-refractivity contribution >= 4 is 17.9 Å². The van der Waals surface area contributed by atoms with E-state index >= 15 is 0 Å². The van der Waals surface area contributed by atoms with Crippen molar-refractivity contribution in [3.05, 3.63) is 0 Å². The van der Waals surface area contributed by atoms with Crippen LogP contribution in [0.4, 0.5) is 4.79 Å². The summed E-state index contributed by atoms with van der Waals surface area (Å²) in [6.45, 7) is 6.83. The normalized spacial score (nSPS) is 25.8. The number of nitrogens with two attached hydrogens (primary N) is 1. The van der Waals surface area contributed by atoms with Crippen LogP contribution in [0.15, 0.2) is 0 Å². The van der Waals surface area contributed by atoms with E-state index in [1.54, 1.807) is 4.90 Å². The first kappa shape index (κ1) is 15.6. The molecule has 0 aromatic carbocycles. The van der Waals surface area contributed by atoms with E-state index in [4.69, 9.17) is 10.5 Å². The Hall–Kier alpha value is -1.79. The van der Waals surface area contributed by atoms with Crippen molar-refractivity contribution in [2.75, 3.05) is 26.2 Å². The molecule has 1 spiro atoms. The number of likely N-dealkylation sites (tertiary alicyclic amines) is 2. The maximum atomic E-state index is 12.3. The fourth-order valence-corrected chi connectivity index (χ4v) is 2.98. The summed E-state index contributed by atoms with van der Waals surface area (Å²) in [5.74, 6) is -0.604. The van der Waals surface area contributed by atoms with Gasteiger partial charge in [0.2, 0.25) is 11.8 Å². The zero-order chi connectivity index (χ0) is 15.8. The summed E-state index contributed by atoms with van der Waals surface area (Å²) in [5, 5.41) is 0. The summed E-state index contributed by atoms with van der Waals surface area (Å²) in [4.78, 5) is 38.3. The van der Waals surface area contributed by atoms with Gasteiger partial charge in [-0.3, -0.25) is 9.59 Å². The van der Waals surface area contributed by atoms with Crippen LogP contribution in [0.25, 0.3) is 0 Å². The number of primary amides is 1. The Labute approximate surface area is 124 Å². The molecule has 0 bridgehead atoms. The Bertz CT molecular complexity index is 471. The number of carbonyl (C=O) groups excluding carboxylic acids is 3. The fraction of sp³-hybridized carbons (Fsp3) is 0.786. The van der Waals surface area contributed by atoms with Gasteiger partial charge in [0.05, 0.1) is 12.0 Å². The maximum Gasteiger partial charge on any atom is 0.410 e. The van der Waals surface area contributed by atoms with Gasteiger partial charge >= 0.3 is 6.09 Å². The number of ether oxygens (including phenoxy) is 1. The number of carbonyl (C=O) groups is 3. The molecule has 0 radical (unpaired) electrons. The van der Waals surface area contributed by atoms with Crippen LogP contribution < -0.4 is 5.73 Å². The third kappa shape index (κ3) is 3.28. The van der Waals surface area contributed by atoms with Gasteiger partial charge in [0.25, 0.3) is 0 Å². The van der Waals surface area contributed by atoms with Gasteiger partial charge in [0.1, 0.15) is 5.60 Å². The number of piperidine rings is 1. The molecule has 2 N–H and O–H groups in total. The molecule has 2 fully saturated rings. The predicted molar refractivity (Wildman–Crippen MR) is 75.2 cm³/mol. The smallest absolute Gasteiger partial charge is 0.410 e. The standard InChI is InChI=1S/C14H23N3O4/c1-13(2,3)21-12(20)16-6-4-5-14(8-16)9-17(11(14)19)7-10(15)18/h4-9H2,1-3H3,(H2,15,18). The summed E-state index contributed by atoms with van der Waals surface area (Å²) in [6.07, 6.45) is 1.11. The molecule has 2 rings (SSSR count). The number of rotatable bonds is 2. The second-order valence-electron chi connectivity index (χ2n) is 6.91. The minimum absolute atomic E-state index is 0.0486. The van der Waals surface area contributed by atoms with Crippen molar-refractivity contribution in [1.29, 1.82) is 0 Å². The molecule has 0 aromatic rings. The highest BCUT2D eigenvalue weighted by atomic mass is 16.6. The molecule has 7 nitrogen and oxygen atoms in total. The molecule has 2 heterocycles. The summed E-state index contributed by atoms with van der Waals surface area (Å²) in [7, 11) is 0. The maximum absolute atomic E-state index is 12.3. The first-order valence-electron chi connectivity index (χ1n) is 7.19. The van der Waals surface area contributed by atoms with Gasteiger partial charge in [0.15, 0.2) is 0 Å². The quantitative estimate of drug-likeness (QED) is 0.743. The second-order valence-corrected chi connectivity index (χ2v) is 6.91. The zero-order valence-corrected chi connectivity index (χ0v) is 12.8. The van der Waals surface area contributed by atoms with Crippen molar-refractivity contribution < 1.29 is 19.1 Å². The lowest BCUT2D eigenvalue weighted by Gasteiger charge is -2.52. The average molecular weight is 297 g/mol. The van der Waals surface area contributed by atoms with Crippen LogP contribution in [0.2, 0.25) is 0 Å². The van der Waals surface area contributed by atoms with Crippen LogP contribution in [0.1, 0.15) is 33.6 Å². The number of amides is 3. The van der Waals surface area contributed by atoms with E-state index in [-0.39, 0.29) is 18.5 Å². The van der Waals surface area contributed by atoms with Gasteiger partial charge in [-0.25, -0.2) is 4.79 Å². The molecule has 1 unspecified atom stereocenters. The molecule has 2 aliphatic heterocycles. The minimum Gasteiger partial charge on any atom is -0.444 e. The number of hydrogen-bond donors (Lipinski definition) is 1. The van der Waals surface area contributed by atoms with Crippen molar-refractivity contribution in [3.63, 3.8) is 0 Å². The summed E-state index contributed by atoms with van der Waals surface area (Å²) < 4.78 is 5.35. The molecule has 3 amide bonds. The van der Waals surface area contributed by atoms with Crippen LogP contribution in [0.5, 0.6) is 0 Å². The molecule has 7 heteroatoms. The van der Waals surface area contributed by atoms with E-state index in [9.17, 15) is 14.4 Å². The molecular weight excluding hydrogens is 274 g/mol. The zero-order valence-electron chi connectivity index (χ0n) is 12.8. The molecule has 2 aliphatic rings. The van der Waals surface area contributed by atoms with Crippen LogP contribution in [-0.4, -0.2) is 59.5 Å². The van der Waals surface area contributed by atoms with Crippen LogP contribution in [0, 0.1) is 5.41 Å². The van der Waals surface area contributed by atoms with Gasteiger partial charge in [-0.1, -0.05) is 0 Å². The predicted octanol–water partition coefficient (Wildman–Crippen LogP) is 0.331. The van der Waals surface area contributed by atoms with Gasteiger partial charge < -0.3 is 20.3 Å². The number of hydrogen-bond acceptors (Lipinski definition) is 4. The van der Waals surface area contributed by atoms with Crippen LogP contribution in [-0.2, 0) is 14.3 Å². The van der Waals surface area contributed by atoms with Crippen molar-refractivity contribution in [2.45, 2.75) is 39.2 Å². The Kier molecular flexibility index (Phi) is 3.86. The lowest BCUT2D eigenvalue weighted by atomic mass is 9.72. The van der Waals surface area contributed by atoms with E-state index in [0.717, 1.165) is 12.8 Å². The first-order valence-corrected chi connectivity index (χ1v) is 7.19. The second kappa shape index (κ2) is 5.20. The highest BCUT2D eigenvalue weighted by molar-refractivity contribution is 5.93. The first-order chi connectivity index (χ1) is 9.63. The van der Waals surface area contributed by atoms with Gasteiger partial charge in [-0.2, -0.15) is 0 Å². The van der Waals surface area contributed by atoms with E-state index in [0.29, 0.717) is 19.6 Å². The molecule has 0 saturated carbocycles. The van der Waals surface area contributed by atoms with E-state index in [2.05, 4.69) is 0 Å². The van der Waals surface area contributed by atoms with Crippen LogP contribution >= 0.6 is 0 Å². The van der Waals surface area contributed by atoms with Crippen LogP contribution in [0.3, 0.4) is 0 Å². The minimum atomic E-state index is -0.552. The highest BCUT2D eigenvalue weighted by Gasteiger charge is 2.54. The average Bonchev–Trinajstić information content (AvgIpc) is 2.36. The molecule has 118 valence electrons. The number of β-lactam (4-membered cyclic amide) rings is 1. The Morgan fingerprint density at radius 1 is 1.33 bits per heavy atom. The molecule has 0 aliphatic carbocycles. The van der Waals surface area contributed by atoms with E-state index < -0.39 is 16.9 Å². The van der Waals surface area contributed by atoms with Crippen molar-refractivity contribution in [1.82, 2.24) is 9.80 Å². The summed E-state index contributed by atoms with van der Waals surface area (Å²) in [5.41, 5.74) is 4.01. The lowest BCUT2D eigenvalue weighted by Crippen LogP contribution is -2.68. The largest absolute Gasteiger partial charge is 0.444 e.